The van der Waals surface area contributed by atoms with Crippen LogP contribution in [0.4, 0.5) is 10.9 Å². The maximum Gasteiger partial charge on any atom is 0.227 e. The fourth-order valence-electron chi connectivity index (χ4n) is 2.05. The van der Waals surface area contributed by atoms with Crippen LogP contribution in [0.2, 0.25) is 0 Å². The third-order valence-electron chi connectivity index (χ3n) is 3.11. The van der Waals surface area contributed by atoms with E-state index in [0.717, 1.165) is 11.3 Å². The highest BCUT2D eigenvalue weighted by molar-refractivity contribution is 7.13. The summed E-state index contributed by atoms with van der Waals surface area (Å²) in [6, 6.07) is 5.60. The van der Waals surface area contributed by atoms with Gasteiger partial charge in [0, 0.05) is 54.3 Å². The van der Waals surface area contributed by atoms with Gasteiger partial charge in [-0.3, -0.25) is 9.78 Å². The maximum atomic E-state index is 11.8. The molecule has 0 saturated heterocycles. The van der Waals surface area contributed by atoms with Crippen LogP contribution in [0.5, 0.6) is 0 Å². The van der Waals surface area contributed by atoms with Gasteiger partial charge in [-0.2, -0.15) is 0 Å². The molecular formula is C16H16N6OS. The Labute approximate surface area is 143 Å². The summed E-state index contributed by atoms with van der Waals surface area (Å²) in [7, 11) is 0. The van der Waals surface area contributed by atoms with Crippen molar-refractivity contribution in [2.45, 2.75) is 13.3 Å². The van der Waals surface area contributed by atoms with Crippen molar-refractivity contribution >= 4 is 28.2 Å². The van der Waals surface area contributed by atoms with Crippen LogP contribution in [0.1, 0.15) is 12.1 Å². The molecule has 0 aliphatic rings. The zero-order valence-corrected chi connectivity index (χ0v) is 13.9. The molecule has 122 valence electrons. The molecule has 0 bridgehead atoms. The Bertz CT molecular complexity index is 807. The molecular weight excluding hydrogens is 324 g/mol. The highest BCUT2D eigenvalue weighted by Crippen LogP contribution is 2.16. The fraction of sp³-hybridized carbons (Fsp3) is 0.188. The van der Waals surface area contributed by atoms with Gasteiger partial charge in [0.25, 0.3) is 0 Å². The lowest BCUT2D eigenvalue weighted by Crippen LogP contribution is -2.16. The first kappa shape index (κ1) is 16.0. The van der Waals surface area contributed by atoms with Gasteiger partial charge in [0.2, 0.25) is 5.91 Å². The first-order valence-electron chi connectivity index (χ1n) is 7.40. The number of aryl methyl sites for hydroxylation is 1. The third kappa shape index (κ3) is 4.32. The molecule has 3 rings (SSSR count). The predicted molar refractivity (Wildman–Crippen MR) is 93.9 cm³/mol. The highest BCUT2D eigenvalue weighted by atomic mass is 32.1. The molecule has 2 N–H and O–H groups in total. The van der Waals surface area contributed by atoms with Gasteiger partial charge in [-0.15, -0.1) is 11.3 Å². The Kier molecular flexibility index (Phi) is 5.07. The maximum absolute atomic E-state index is 11.8. The summed E-state index contributed by atoms with van der Waals surface area (Å²) in [5.41, 5.74) is 1.70. The van der Waals surface area contributed by atoms with Gasteiger partial charge in [-0.05, 0) is 19.1 Å². The lowest BCUT2D eigenvalue weighted by atomic mass is 10.2. The normalized spacial score (nSPS) is 10.4. The SMILES string of the molecule is Cc1cc(NCCC(=O)Nc2nccs2)nc(-c2cccnc2)n1. The molecule has 0 saturated carbocycles. The predicted octanol–water partition coefficient (Wildman–Crippen LogP) is 2.74. The first-order chi connectivity index (χ1) is 11.7. The number of rotatable bonds is 6. The lowest BCUT2D eigenvalue weighted by Gasteiger charge is -2.08. The van der Waals surface area contributed by atoms with E-state index in [1.165, 1.54) is 11.3 Å². The van der Waals surface area contributed by atoms with Crippen LogP contribution in [0, 0.1) is 6.92 Å². The molecule has 24 heavy (non-hydrogen) atoms. The molecule has 1 amide bonds. The van der Waals surface area contributed by atoms with E-state index < -0.39 is 0 Å². The summed E-state index contributed by atoms with van der Waals surface area (Å²) in [5.74, 6) is 1.21. The van der Waals surface area contributed by atoms with Crippen molar-refractivity contribution in [1.29, 1.82) is 0 Å². The number of pyridine rings is 1. The van der Waals surface area contributed by atoms with E-state index in [9.17, 15) is 4.79 Å². The van der Waals surface area contributed by atoms with Crippen LogP contribution in [-0.2, 0) is 4.79 Å². The van der Waals surface area contributed by atoms with Gasteiger partial charge in [0.1, 0.15) is 5.82 Å². The molecule has 3 heterocycles. The number of nitrogens with zero attached hydrogens (tertiary/aromatic N) is 4. The summed E-state index contributed by atoms with van der Waals surface area (Å²) in [4.78, 5) is 28.8. The second-order valence-corrected chi connectivity index (χ2v) is 5.92. The molecule has 8 heteroatoms. The molecule has 0 unspecified atom stereocenters. The van der Waals surface area contributed by atoms with Gasteiger partial charge in [-0.1, -0.05) is 0 Å². The average Bonchev–Trinajstić information content (AvgIpc) is 3.08. The van der Waals surface area contributed by atoms with E-state index in [0.29, 0.717) is 29.7 Å². The number of hydrogen-bond acceptors (Lipinski definition) is 7. The number of aromatic nitrogens is 4. The standard InChI is InChI=1S/C16H16N6OS/c1-11-9-13(21-15(20-11)12-3-2-5-17-10-12)18-6-4-14(23)22-16-19-7-8-24-16/h2-3,5,7-10H,4,6H2,1H3,(H,18,20,21)(H,19,22,23). The minimum atomic E-state index is -0.0873. The van der Waals surface area contributed by atoms with Crippen molar-refractivity contribution in [2.75, 3.05) is 17.2 Å². The molecule has 3 aromatic heterocycles. The van der Waals surface area contributed by atoms with Gasteiger partial charge in [0.05, 0.1) is 0 Å². The smallest absolute Gasteiger partial charge is 0.227 e. The third-order valence-corrected chi connectivity index (χ3v) is 3.80. The van der Waals surface area contributed by atoms with E-state index in [-0.39, 0.29) is 5.91 Å². The van der Waals surface area contributed by atoms with Crippen LogP contribution >= 0.6 is 11.3 Å². The van der Waals surface area contributed by atoms with E-state index >= 15 is 0 Å². The number of anilines is 2. The van der Waals surface area contributed by atoms with Gasteiger partial charge in [0.15, 0.2) is 11.0 Å². The van der Waals surface area contributed by atoms with Gasteiger partial charge < -0.3 is 10.6 Å². The molecule has 7 nitrogen and oxygen atoms in total. The Morgan fingerprint density at radius 1 is 1.29 bits per heavy atom. The van der Waals surface area contributed by atoms with Crippen LogP contribution in [0.25, 0.3) is 11.4 Å². The summed E-state index contributed by atoms with van der Waals surface area (Å²) in [6.07, 6.45) is 5.41. The molecule has 0 aliphatic carbocycles. The van der Waals surface area contributed by atoms with Gasteiger partial charge >= 0.3 is 0 Å². The number of amides is 1. The number of thiazole rings is 1. The van der Waals surface area contributed by atoms with Crippen molar-refractivity contribution in [3.05, 3.63) is 47.9 Å². The number of carbonyl (C=O) groups excluding carboxylic acids is 1. The average molecular weight is 340 g/mol. The molecule has 0 aromatic carbocycles. The van der Waals surface area contributed by atoms with Crippen molar-refractivity contribution in [3.8, 4) is 11.4 Å². The fourth-order valence-corrected chi connectivity index (χ4v) is 2.60. The van der Waals surface area contributed by atoms with E-state index in [2.05, 4.69) is 30.6 Å². The number of carbonyl (C=O) groups is 1. The Balaban J connectivity index is 1.59. The minimum Gasteiger partial charge on any atom is -0.369 e. The Morgan fingerprint density at radius 2 is 2.21 bits per heavy atom. The summed E-state index contributed by atoms with van der Waals surface area (Å²) < 4.78 is 0. The van der Waals surface area contributed by atoms with Crippen molar-refractivity contribution in [3.63, 3.8) is 0 Å². The molecule has 0 spiro atoms. The monoisotopic (exact) mass is 340 g/mol. The zero-order chi connectivity index (χ0) is 16.8. The molecule has 0 fully saturated rings. The van der Waals surface area contributed by atoms with E-state index in [1.807, 2.05) is 30.5 Å². The number of nitrogens with one attached hydrogen (secondary N) is 2. The Hall–Kier alpha value is -2.87. The first-order valence-corrected chi connectivity index (χ1v) is 8.28. The van der Waals surface area contributed by atoms with Crippen molar-refractivity contribution in [2.24, 2.45) is 0 Å². The minimum absolute atomic E-state index is 0.0873. The van der Waals surface area contributed by atoms with E-state index in [1.54, 1.807) is 18.6 Å². The van der Waals surface area contributed by atoms with E-state index in [4.69, 9.17) is 0 Å². The second-order valence-electron chi connectivity index (χ2n) is 5.02. The summed E-state index contributed by atoms with van der Waals surface area (Å²) >= 11 is 1.39. The van der Waals surface area contributed by atoms with Crippen LogP contribution < -0.4 is 10.6 Å². The van der Waals surface area contributed by atoms with Crippen molar-refractivity contribution < 1.29 is 4.79 Å². The summed E-state index contributed by atoms with van der Waals surface area (Å²) in [5, 5.41) is 8.33. The quantitative estimate of drug-likeness (QED) is 0.717. The Morgan fingerprint density at radius 3 is 2.96 bits per heavy atom. The molecule has 0 aliphatic heterocycles. The topological polar surface area (TPSA) is 92.7 Å². The van der Waals surface area contributed by atoms with Gasteiger partial charge in [-0.25, -0.2) is 15.0 Å². The number of hydrogen-bond donors (Lipinski definition) is 2. The van der Waals surface area contributed by atoms with Crippen LogP contribution in [0.15, 0.2) is 42.2 Å². The highest BCUT2D eigenvalue weighted by Gasteiger charge is 2.07. The second kappa shape index (κ2) is 7.60. The van der Waals surface area contributed by atoms with Crippen LogP contribution in [-0.4, -0.2) is 32.4 Å². The molecule has 0 radical (unpaired) electrons. The zero-order valence-electron chi connectivity index (χ0n) is 13.1. The largest absolute Gasteiger partial charge is 0.369 e. The lowest BCUT2D eigenvalue weighted by molar-refractivity contribution is -0.115. The molecule has 0 atom stereocenters. The van der Waals surface area contributed by atoms with Crippen LogP contribution in [0.3, 0.4) is 0 Å². The molecule has 3 aromatic rings. The summed E-state index contributed by atoms with van der Waals surface area (Å²) in [6.45, 7) is 2.38. The van der Waals surface area contributed by atoms with Crippen molar-refractivity contribution in [1.82, 2.24) is 19.9 Å².